The molecule has 7 nitrogen and oxygen atoms in total. The molecule has 0 saturated carbocycles. The number of amides is 1. The Morgan fingerprint density at radius 2 is 1.86 bits per heavy atom. The SMILES string of the molecule is COc1cccc(C(=O)N(Cc2cc3ccc(OC)cc3nc2N2CCCC2)C[C@H]2CCCO2)c1. The molecule has 2 aliphatic rings. The summed E-state index contributed by atoms with van der Waals surface area (Å²) in [7, 11) is 3.29. The van der Waals surface area contributed by atoms with Gasteiger partial charge in [0.2, 0.25) is 0 Å². The molecule has 0 radical (unpaired) electrons. The summed E-state index contributed by atoms with van der Waals surface area (Å²) >= 11 is 0. The van der Waals surface area contributed by atoms with Crippen LogP contribution in [0.15, 0.2) is 48.5 Å². The van der Waals surface area contributed by atoms with Crippen molar-refractivity contribution in [3.05, 3.63) is 59.7 Å². The second-order valence-corrected chi connectivity index (χ2v) is 9.28. The summed E-state index contributed by atoms with van der Waals surface area (Å²) < 4.78 is 16.7. The van der Waals surface area contributed by atoms with Gasteiger partial charge in [-0.1, -0.05) is 6.07 Å². The quantitative estimate of drug-likeness (QED) is 0.472. The number of ether oxygens (including phenoxy) is 3. The number of nitrogens with zero attached hydrogens (tertiary/aromatic N) is 3. The summed E-state index contributed by atoms with van der Waals surface area (Å²) in [6, 6.07) is 15.5. The molecule has 2 saturated heterocycles. The number of rotatable bonds is 8. The van der Waals surface area contributed by atoms with Crippen LogP contribution in [-0.4, -0.2) is 62.4 Å². The van der Waals surface area contributed by atoms with Crippen LogP contribution in [0.4, 0.5) is 5.82 Å². The number of fused-ring (bicyclic) bond motifs is 1. The minimum absolute atomic E-state index is 0.0263. The van der Waals surface area contributed by atoms with Gasteiger partial charge in [-0.05, 0) is 62.1 Å². The third-order valence-corrected chi connectivity index (χ3v) is 6.90. The molecule has 2 aromatic carbocycles. The smallest absolute Gasteiger partial charge is 0.254 e. The van der Waals surface area contributed by atoms with Crippen molar-refractivity contribution in [3.63, 3.8) is 0 Å². The Balaban J connectivity index is 1.52. The van der Waals surface area contributed by atoms with Crippen LogP contribution in [0.1, 0.15) is 41.6 Å². The lowest BCUT2D eigenvalue weighted by Gasteiger charge is -2.28. The van der Waals surface area contributed by atoms with Crippen LogP contribution in [0.25, 0.3) is 10.9 Å². The van der Waals surface area contributed by atoms with Gasteiger partial charge in [0, 0.05) is 55.4 Å². The standard InChI is InChI=1S/C28H33N3O4/c1-33-23-8-5-7-21(16-23)28(32)31(19-25-9-6-14-35-25)18-22-15-20-10-11-24(34-2)17-26(20)29-27(22)30-12-3-4-13-30/h5,7-8,10-11,15-17,25H,3-4,6,9,12-14,18-19H2,1-2H3/t25-/m1/s1. The molecule has 3 aromatic rings. The monoisotopic (exact) mass is 475 g/mol. The van der Waals surface area contributed by atoms with Crippen molar-refractivity contribution < 1.29 is 19.0 Å². The number of hydrogen-bond acceptors (Lipinski definition) is 6. The summed E-state index contributed by atoms with van der Waals surface area (Å²) in [5, 5.41) is 1.04. The average Bonchev–Trinajstić information content (AvgIpc) is 3.62. The Bertz CT molecular complexity index is 1190. The van der Waals surface area contributed by atoms with Gasteiger partial charge in [-0.2, -0.15) is 0 Å². The van der Waals surface area contributed by atoms with Crippen molar-refractivity contribution in [1.29, 1.82) is 0 Å². The molecule has 35 heavy (non-hydrogen) atoms. The number of aromatic nitrogens is 1. The van der Waals surface area contributed by atoms with Crippen molar-refractivity contribution >= 4 is 22.6 Å². The van der Waals surface area contributed by atoms with Gasteiger partial charge < -0.3 is 24.0 Å². The molecule has 0 aliphatic carbocycles. The van der Waals surface area contributed by atoms with E-state index in [4.69, 9.17) is 19.2 Å². The zero-order valence-corrected chi connectivity index (χ0v) is 20.5. The molecular formula is C28H33N3O4. The van der Waals surface area contributed by atoms with Gasteiger partial charge in [-0.3, -0.25) is 4.79 Å². The van der Waals surface area contributed by atoms with Crippen LogP contribution >= 0.6 is 0 Å². The van der Waals surface area contributed by atoms with Crippen LogP contribution in [0, 0.1) is 0 Å². The van der Waals surface area contributed by atoms with E-state index in [0.717, 1.165) is 73.4 Å². The van der Waals surface area contributed by atoms with E-state index in [1.165, 1.54) is 0 Å². The van der Waals surface area contributed by atoms with Crippen molar-refractivity contribution in [1.82, 2.24) is 9.88 Å². The Kier molecular flexibility index (Phi) is 7.04. The molecule has 0 N–H and O–H groups in total. The first kappa shape index (κ1) is 23.4. The third-order valence-electron chi connectivity index (χ3n) is 6.90. The molecule has 184 valence electrons. The largest absolute Gasteiger partial charge is 0.497 e. The second-order valence-electron chi connectivity index (χ2n) is 9.28. The molecule has 2 aliphatic heterocycles. The number of carbonyl (C=O) groups excluding carboxylic acids is 1. The first-order valence-electron chi connectivity index (χ1n) is 12.4. The zero-order chi connectivity index (χ0) is 24.2. The van der Waals surface area contributed by atoms with E-state index in [1.807, 2.05) is 41.3 Å². The van der Waals surface area contributed by atoms with E-state index < -0.39 is 0 Å². The molecule has 0 bridgehead atoms. The predicted octanol–water partition coefficient (Wildman–Crippen LogP) is 4.67. The van der Waals surface area contributed by atoms with Gasteiger partial charge in [0.15, 0.2) is 0 Å². The van der Waals surface area contributed by atoms with Crippen molar-refractivity contribution in [2.45, 2.75) is 38.3 Å². The molecule has 3 heterocycles. The zero-order valence-electron chi connectivity index (χ0n) is 20.5. The fraction of sp³-hybridized carbons (Fsp3) is 0.429. The molecule has 1 aromatic heterocycles. The molecule has 7 heteroatoms. The first-order valence-corrected chi connectivity index (χ1v) is 12.4. The molecule has 0 spiro atoms. The fourth-order valence-corrected chi connectivity index (χ4v) is 5.02. The van der Waals surface area contributed by atoms with E-state index in [2.05, 4.69) is 11.0 Å². The van der Waals surface area contributed by atoms with Gasteiger partial charge in [-0.25, -0.2) is 4.98 Å². The summed E-state index contributed by atoms with van der Waals surface area (Å²) in [4.78, 5) is 23.1. The van der Waals surface area contributed by atoms with E-state index in [0.29, 0.717) is 24.4 Å². The fourth-order valence-electron chi connectivity index (χ4n) is 5.02. The van der Waals surface area contributed by atoms with Crippen molar-refractivity contribution in [3.8, 4) is 11.5 Å². The maximum Gasteiger partial charge on any atom is 0.254 e. The second kappa shape index (κ2) is 10.5. The van der Waals surface area contributed by atoms with Crippen molar-refractivity contribution in [2.24, 2.45) is 0 Å². The number of methoxy groups -OCH3 is 2. The lowest BCUT2D eigenvalue weighted by molar-refractivity contribution is 0.0507. The molecular weight excluding hydrogens is 442 g/mol. The first-order chi connectivity index (χ1) is 17.1. The summed E-state index contributed by atoms with van der Waals surface area (Å²) in [6.45, 7) is 3.73. The maximum absolute atomic E-state index is 13.7. The van der Waals surface area contributed by atoms with E-state index in [1.54, 1.807) is 20.3 Å². The van der Waals surface area contributed by atoms with E-state index in [9.17, 15) is 4.79 Å². The van der Waals surface area contributed by atoms with Gasteiger partial charge in [0.05, 0.1) is 25.8 Å². The molecule has 1 amide bonds. The number of carbonyl (C=O) groups is 1. The summed E-state index contributed by atoms with van der Waals surface area (Å²) in [5.74, 6) is 2.39. The topological polar surface area (TPSA) is 64.1 Å². The van der Waals surface area contributed by atoms with Gasteiger partial charge >= 0.3 is 0 Å². The number of hydrogen-bond donors (Lipinski definition) is 0. The molecule has 0 unspecified atom stereocenters. The Morgan fingerprint density at radius 3 is 2.60 bits per heavy atom. The van der Waals surface area contributed by atoms with Gasteiger partial charge in [0.1, 0.15) is 17.3 Å². The Morgan fingerprint density at radius 1 is 1.06 bits per heavy atom. The normalized spacial score (nSPS) is 17.7. The van der Waals surface area contributed by atoms with Gasteiger partial charge in [-0.15, -0.1) is 0 Å². The van der Waals surface area contributed by atoms with E-state index >= 15 is 0 Å². The maximum atomic E-state index is 13.7. The number of benzene rings is 2. The van der Waals surface area contributed by atoms with Crippen LogP contribution in [-0.2, 0) is 11.3 Å². The average molecular weight is 476 g/mol. The minimum atomic E-state index is -0.0263. The van der Waals surface area contributed by atoms with Crippen LogP contribution < -0.4 is 14.4 Å². The van der Waals surface area contributed by atoms with E-state index in [-0.39, 0.29) is 12.0 Å². The lowest BCUT2D eigenvalue weighted by Crippen LogP contribution is -2.37. The third kappa shape index (κ3) is 5.20. The summed E-state index contributed by atoms with van der Waals surface area (Å²) in [5.41, 5.74) is 2.57. The molecule has 2 fully saturated rings. The number of pyridine rings is 1. The lowest BCUT2D eigenvalue weighted by atomic mass is 10.1. The highest BCUT2D eigenvalue weighted by atomic mass is 16.5. The highest BCUT2D eigenvalue weighted by molar-refractivity contribution is 5.95. The van der Waals surface area contributed by atoms with Crippen LogP contribution in [0.5, 0.6) is 11.5 Å². The molecule has 5 rings (SSSR count). The predicted molar refractivity (Wildman–Crippen MR) is 136 cm³/mol. The number of anilines is 1. The van der Waals surface area contributed by atoms with Gasteiger partial charge in [0.25, 0.3) is 5.91 Å². The Hall–Kier alpha value is -3.32. The van der Waals surface area contributed by atoms with Crippen LogP contribution in [0.3, 0.4) is 0 Å². The minimum Gasteiger partial charge on any atom is -0.497 e. The van der Waals surface area contributed by atoms with Crippen LogP contribution in [0.2, 0.25) is 0 Å². The molecule has 1 atom stereocenters. The van der Waals surface area contributed by atoms with Crippen molar-refractivity contribution in [2.75, 3.05) is 45.4 Å². The Labute approximate surface area is 206 Å². The summed E-state index contributed by atoms with van der Waals surface area (Å²) in [6.07, 6.45) is 4.36. The highest BCUT2D eigenvalue weighted by Crippen LogP contribution is 2.30. The highest BCUT2D eigenvalue weighted by Gasteiger charge is 2.26.